The van der Waals surface area contributed by atoms with Crippen molar-refractivity contribution in [3.63, 3.8) is 0 Å². The van der Waals surface area contributed by atoms with Crippen LogP contribution in [0.4, 0.5) is 24.7 Å². The van der Waals surface area contributed by atoms with Crippen LogP contribution in [0.5, 0.6) is 0 Å². The van der Waals surface area contributed by atoms with Crippen LogP contribution >= 0.6 is 11.6 Å². The third kappa shape index (κ3) is 3.31. The number of anilines is 2. The van der Waals surface area contributed by atoms with Gasteiger partial charge in [0.2, 0.25) is 0 Å². The molecule has 4 aromatic rings. The number of H-pyrrole nitrogens is 1. The second-order valence-corrected chi connectivity index (χ2v) is 7.69. The van der Waals surface area contributed by atoms with Crippen LogP contribution in [-0.2, 0) is 6.18 Å². The molecule has 154 valence electrons. The van der Waals surface area contributed by atoms with Crippen LogP contribution in [0.15, 0.2) is 48.8 Å². The summed E-state index contributed by atoms with van der Waals surface area (Å²) in [4.78, 5) is 16.4. The first-order valence-corrected chi connectivity index (χ1v) is 9.87. The Labute approximate surface area is 175 Å². The lowest BCUT2D eigenvalue weighted by molar-refractivity contribution is -0.137. The van der Waals surface area contributed by atoms with Crippen molar-refractivity contribution >= 4 is 45.0 Å². The molecule has 1 fully saturated rings. The minimum atomic E-state index is -4.34. The topological polar surface area (TPSA) is 48.1 Å². The summed E-state index contributed by atoms with van der Waals surface area (Å²) in [6.45, 7) is 2.47. The molecule has 9 heteroatoms. The quantitative estimate of drug-likeness (QED) is 0.479. The van der Waals surface area contributed by atoms with E-state index in [0.29, 0.717) is 36.9 Å². The lowest BCUT2D eigenvalue weighted by atomic mass is 10.1. The number of hydrogen-bond acceptors (Lipinski definition) is 4. The highest BCUT2D eigenvalue weighted by Gasteiger charge is 2.31. The highest BCUT2D eigenvalue weighted by molar-refractivity contribution is 6.31. The summed E-state index contributed by atoms with van der Waals surface area (Å²) in [7, 11) is 0. The van der Waals surface area contributed by atoms with Gasteiger partial charge in [0.1, 0.15) is 17.4 Å². The van der Waals surface area contributed by atoms with E-state index in [4.69, 9.17) is 11.6 Å². The van der Waals surface area contributed by atoms with E-state index in [1.54, 1.807) is 6.07 Å². The molecule has 0 spiro atoms. The minimum Gasteiger partial charge on any atom is -0.368 e. The van der Waals surface area contributed by atoms with Crippen LogP contribution in [0.25, 0.3) is 21.9 Å². The van der Waals surface area contributed by atoms with Gasteiger partial charge < -0.3 is 14.8 Å². The molecule has 0 aliphatic carbocycles. The Bertz CT molecular complexity index is 1230. The number of halogens is 4. The molecule has 1 aliphatic heterocycles. The molecule has 1 aliphatic rings. The maximum Gasteiger partial charge on any atom is 0.416 e. The number of aromatic nitrogens is 3. The van der Waals surface area contributed by atoms with Gasteiger partial charge >= 0.3 is 6.18 Å². The number of aromatic amines is 1. The number of piperazine rings is 1. The molecule has 0 saturated carbocycles. The second kappa shape index (κ2) is 7.05. The van der Waals surface area contributed by atoms with Crippen molar-refractivity contribution in [1.29, 1.82) is 0 Å². The molecule has 0 unspecified atom stereocenters. The second-order valence-electron chi connectivity index (χ2n) is 7.26. The molecule has 0 radical (unpaired) electrons. The molecule has 5 rings (SSSR count). The molecule has 3 heterocycles. The van der Waals surface area contributed by atoms with E-state index in [-0.39, 0.29) is 0 Å². The fraction of sp³-hybridized carbons (Fsp3) is 0.238. The van der Waals surface area contributed by atoms with Crippen LogP contribution in [-0.4, -0.2) is 41.1 Å². The molecule has 2 aromatic heterocycles. The van der Waals surface area contributed by atoms with Crippen molar-refractivity contribution in [1.82, 2.24) is 15.0 Å². The standard InChI is InChI=1S/C21H17ClF3N5/c22-14-4-5-17-16(11-14)18-19(28-17)20(27-12-26-18)30-8-6-29(7-9-30)15-3-1-2-13(10-15)21(23,24)25/h1-5,10-12,28H,6-9H2. The van der Waals surface area contributed by atoms with Crippen molar-refractivity contribution in [2.45, 2.75) is 6.18 Å². The Hall–Kier alpha value is -3.00. The summed E-state index contributed by atoms with van der Waals surface area (Å²) >= 11 is 6.13. The average Bonchev–Trinajstić information content (AvgIpc) is 3.11. The zero-order valence-electron chi connectivity index (χ0n) is 15.7. The van der Waals surface area contributed by atoms with Gasteiger partial charge in [-0.05, 0) is 36.4 Å². The summed E-state index contributed by atoms with van der Waals surface area (Å²) in [5, 5.41) is 1.57. The van der Waals surface area contributed by atoms with Crippen LogP contribution in [0, 0.1) is 0 Å². The average molecular weight is 432 g/mol. The lowest BCUT2D eigenvalue weighted by Crippen LogP contribution is -2.47. The molecule has 5 nitrogen and oxygen atoms in total. The Balaban J connectivity index is 1.41. The Morgan fingerprint density at radius 3 is 2.47 bits per heavy atom. The summed E-state index contributed by atoms with van der Waals surface area (Å²) in [5.74, 6) is 0.788. The van der Waals surface area contributed by atoms with Gasteiger partial charge in [-0.15, -0.1) is 0 Å². The Kier molecular flexibility index (Phi) is 4.47. The van der Waals surface area contributed by atoms with Crippen molar-refractivity contribution in [3.8, 4) is 0 Å². The van der Waals surface area contributed by atoms with E-state index in [0.717, 1.165) is 33.8 Å². The van der Waals surface area contributed by atoms with Crippen LogP contribution in [0.1, 0.15) is 5.56 Å². The number of fused-ring (bicyclic) bond motifs is 3. The van der Waals surface area contributed by atoms with Gasteiger partial charge in [0, 0.05) is 47.8 Å². The molecule has 0 bridgehead atoms. The van der Waals surface area contributed by atoms with Crippen molar-refractivity contribution in [3.05, 3.63) is 59.4 Å². The van der Waals surface area contributed by atoms with E-state index < -0.39 is 11.7 Å². The zero-order valence-corrected chi connectivity index (χ0v) is 16.5. The first kappa shape index (κ1) is 19.0. The van der Waals surface area contributed by atoms with Gasteiger partial charge in [0.05, 0.1) is 5.56 Å². The first-order valence-electron chi connectivity index (χ1n) is 9.49. The zero-order chi connectivity index (χ0) is 20.9. The monoisotopic (exact) mass is 431 g/mol. The van der Waals surface area contributed by atoms with E-state index in [2.05, 4.69) is 19.9 Å². The number of alkyl halides is 3. The van der Waals surface area contributed by atoms with Gasteiger partial charge in [0.15, 0.2) is 5.82 Å². The summed E-state index contributed by atoms with van der Waals surface area (Å²) in [6, 6.07) is 11.1. The molecule has 1 saturated heterocycles. The Morgan fingerprint density at radius 2 is 1.70 bits per heavy atom. The fourth-order valence-corrected chi connectivity index (χ4v) is 4.12. The fourth-order valence-electron chi connectivity index (χ4n) is 3.95. The van der Waals surface area contributed by atoms with E-state index in [1.165, 1.54) is 18.5 Å². The van der Waals surface area contributed by atoms with Crippen molar-refractivity contribution in [2.75, 3.05) is 36.0 Å². The molecule has 30 heavy (non-hydrogen) atoms. The highest BCUT2D eigenvalue weighted by Crippen LogP contribution is 2.33. The van der Waals surface area contributed by atoms with E-state index in [1.807, 2.05) is 23.1 Å². The highest BCUT2D eigenvalue weighted by atomic mass is 35.5. The van der Waals surface area contributed by atoms with Crippen LogP contribution in [0.3, 0.4) is 0 Å². The third-order valence-electron chi connectivity index (χ3n) is 5.44. The van der Waals surface area contributed by atoms with Gasteiger partial charge in [-0.25, -0.2) is 9.97 Å². The van der Waals surface area contributed by atoms with Gasteiger partial charge in [-0.2, -0.15) is 13.2 Å². The number of nitrogens with zero attached hydrogens (tertiary/aromatic N) is 4. The first-order chi connectivity index (χ1) is 14.4. The molecule has 1 N–H and O–H groups in total. The van der Waals surface area contributed by atoms with Crippen LogP contribution < -0.4 is 9.80 Å². The largest absolute Gasteiger partial charge is 0.416 e. The molecular weight excluding hydrogens is 415 g/mol. The van der Waals surface area contributed by atoms with Gasteiger partial charge in [-0.3, -0.25) is 0 Å². The molecule has 0 atom stereocenters. The maximum atomic E-state index is 13.0. The number of hydrogen-bond donors (Lipinski definition) is 1. The van der Waals surface area contributed by atoms with E-state index >= 15 is 0 Å². The number of benzene rings is 2. The molecule has 2 aromatic carbocycles. The number of rotatable bonds is 2. The summed E-state index contributed by atoms with van der Waals surface area (Å²) in [6.07, 6.45) is -2.81. The van der Waals surface area contributed by atoms with Gasteiger partial charge in [0.25, 0.3) is 0 Å². The predicted octanol–water partition coefficient (Wildman–Crippen LogP) is 5.11. The maximum absolute atomic E-state index is 13.0. The van der Waals surface area contributed by atoms with Crippen molar-refractivity contribution < 1.29 is 13.2 Å². The lowest BCUT2D eigenvalue weighted by Gasteiger charge is -2.37. The number of nitrogens with one attached hydrogen (secondary N) is 1. The summed E-state index contributed by atoms with van der Waals surface area (Å²) < 4.78 is 39.1. The smallest absolute Gasteiger partial charge is 0.368 e. The molecule has 0 amide bonds. The van der Waals surface area contributed by atoms with Gasteiger partial charge in [-0.1, -0.05) is 17.7 Å². The van der Waals surface area contributed by atoms with Crippen LogP contribution in [0.2, 0.25) is 5.02 Å². The van der Waals surface area contributed by atoms with Crippen molar-refractivity contribution in [2.24, 2.45) is 0 Å². The third-order valence-corrected chi connectivity index (χ3v) is 5.68. The normalized spacial score (nSPS) is 15.3. The minimum absolute atomic E-state index is 0.581. The Morgan fingerprint density at radius 1 is 0.933 bits per heavy atom. The SMILES string of the molecule is FC(F)(F)c1cccc(N2CCN(c3ncnc4c3[nH]c3ccc(Cl)cc34)CC2)c1. The summed E-state index contributed by atoms with van der Waals surface area (Å²) in [5.41, 5.74) is 2.52. The van der Waals surface area contributed by atoms with E-state index in [9.17, 15) is 13.2 Å². The predicted molar refractivity (Wildman–Crippen MR) is 112 cm³/mol. The molecular formula is C21H17ClF3N5.